The lowest BCUT2D eigenvalue weighted by atomic mass is 9.92. The Kier molecular flexibility index (Phi) is 4.56. The van der Waals surface area contributed by atoms with Crippen molar-refractivity contribution in [2.24, 2.45) is 0 Å². The third-order valence-corrected chi connectivity index (χ3v) is 4.23. The molecule has 1 N–H and O–H groups in total. The number of hydrogen-bond acceptors (Lipinski definition) is 3. The molecule has 4 heteroatoms. The van der Waals surface area contributed by atoms with Gasteiger partial charge in [-0.3, -0.25) is 0 Å². The molecule has 0 saturated carbocycles. The predicted molar refractivity (Wildman–Crippen MR) is 87.9 cm³/mol. The number of fused-ring (bicyclic) bond motifs is 1. The Morgan fingerprint density at radius 1 is 1.19 bits per heavy atom. The zero-order chi connectivity index (χ0) is 14.7. The summed E-state index contributed by atoms with van der Waals surface area (Å²) in [6, 6.07) is 8.45. The molecule has 0 saturated heterocycles. The fourth-order valence-electron chi connectivity index (χ4n) is 2.76. The van der Waals surface area contributed by atoms with E-state index in [1.807, 2.05) is 13.1 Å². The van der Waals surface area contributed by atoms with Gasteiger partial charge in [-0.05, 0) is 78.0 Å². The summed E-state index contributed by atoms with van der Waals surface area (Å²) in [6.07, 6.45) is 6.69. The summed E-state index contributed by atoms with van der Waals surface area (Å²) >= 11 is 3.46. The summed E-state index contributed by atoms with van der Waals surface area (Å²) in [5, 5.41) is 3.15. The minimum Gasteiger partial charge on any atom is -0.439 e. The Hall–Kier alpha value is -1.39. The van der Waals surface area contributed by atoms with Gasteiger partial charge in [0.15, 0.2) is 0 Å². The molecule has 2 aromatic rings. The Bertz CT molecular complexity index is 643. The van der Waals surface area contributed by atoms with Gasteiger partial charge in [-0.1, -0.05) is 6.07 Å². The molecule has 0 atom stereocenters. The maximum atomic E-state index is 6.01. The van der Waals surface area contributed by atoms with Gasteiger partial charge >= 0.3 is 0 Å². The van der Waals surface area contributed by atoms with E-state index in [-0.39, 0.29) is 0 Å². The molecule has 0 unspecified atom stereocenters. The standard InChI is InChI=1S/C17H19BrN2O/c1-19-10-14-8-15(18)11-20-17(14)21-16-7-6-12-4-2-3-5-13(12)9-16/h6-9,11,19H,2-5,10H2,1H3. The Morgan fingerprint density at radius 2 is 2.00 bits per heavy atom. The number of ether oxygens (including phenoxy) is 1. The van der Waals surface area contributed by atoms with Gasteiger partial charge in [0.2, 0.25) is 5.88 Å². The van der Waals surface area contributed by atoms with Crippen LogP contribution in [0.3, 0.4) is 0 Å². The number of rotatable bonds is 4. The van der Waals surface area contributed by atoms with E-state index in [2.05, 4.69) is 44.4 Å². The molecule has 0 fully saturated rings. The minimum absolute atomic E-state index is 0.670. The normalized spacial score (nSPS) is 13.8. The van der Waals surface area contributed by atoms with E-state index in [0.29, 0.717) is 5.88 Å². The van der Waals surface area contributed by atoms with Crippen LogP contribution in [0.15, 0.2) is 34.9 Å². The van der Waals surface area contributed by atoms with Gasteiger partial charge < -0.3 is 10.1 Å². The second-order valence-corrected chi connectivity index (χ2v) is 6.30. The highest BCUT2D eigenvalue weighted by atomic mass is 79.9. The fraction of sp³-hybridized carbons (Fsp3) is 0.353. The molecule has 3 nitrogen and oxygen atoms in total. The number of aromatic nitrogens is 1. The van der Waals surface area contributed by atoms with Gasteiger partial charge in [-0.2, -0.15) is 0 Å². The number of benzene rings is 1. The Balaban J connectivity index is 1.86. The summed E-state index contributed by atoms with van der Waals surface area (Å²) in [5.41, 5.74) is 3.93. The van der Waals surface area contributed by atoms with Crippen molar-refractivity contribution >= 4 is 15.9 Å². The van der Waals surface area contributed by atoms with Crippen LogP contribution in [-0.2, 0) is 19.4 Å². The van der Waals surface area contributed by atoms with E-state index >= 15 is 0 Å². The van der Waals surface area contributed by atoms with Crippen molar-refractivity contribution in [1.29, 1.82) is 0 Å². The zero-order valence-corrected chi connectivity index (χ0v) is 13.7. The van der Waals surface area contributed by atoms with Crippen LogP contribution in [0.2, 0.25) is 0 Å². The van der Waals surface area contributed by atoms with Crippen molar-refractivity contribution in [2.45, 2.75) is 32.2 Å². The Morgan fingerprint density at radius 3 is 2.81 bits per heavy atom. The molecular formula is C17H19BrN2O. The van der Waals surface area contributed by atoms with Gasteiger partial charge in [0.1, 0.15) is 5.75 Å². The third kappa shape index (κ3) is 3.44. The third-order valence-electron chi connectivity index (χ3n) is 3.79. The van der Waals surface area contributed by atoms with Crippen molar-refractivity contribution < 1.29 is 4.74 Å². The molecule has 0 radical (unpaired) electrons. The topological polar surface area (TPSA) is 34.2 Å². The lowest BCUT2D eigenvalue weighted by molar-refractivity contribution is 0.452. The lowest BCUT2D eigenvalue weighted by Gasteiger charge is -2.17. The number of pyridine rings is 1. The van der Waals surface area contributed by atoms with E-state index in [1.165, 1.54) is 30.4 Å². The van der Waals surface area contributed by atoms with Crippen LogP contribution in [0.25, 0.3) is 0 Å². The van der Waals surface area contributed by atoms with Crippen LogP contribution in [0, 0.1) is 0 Å². The van der Waals surface area contributed by atoms with Crippen molar-refractivity contribution in [3.63, 3.8) is 0 Å². The average Bonchev–Trinajstić information content (AvgIpc) is 2.50. The van der Waals surface area contributed by atoms with E-state index < -0.39 is 0 Å². The van der Waals surface area contributed by atoms with E-state index in [9.17, 15) is 0 Å². The summed E-state index contributed by atoms with van der Waals surface area (Å²) in [7, 11) is 1.92. The molecule has 21 heavy (non-hydrogen) atoms. The first-order valence-corrected chi connectivity index (χ1v) is 8.14. The molecule has 0 bridgehead atoms. The van der Waals surface area contributed by atoms with Crippen LogP contribution in [-0.4, -0.2) is 12.0 Å². The monoisotopic (exact) mass is 346 g/mol. The largest absolute Gasteiger partial charge is 0.439 e. The SMILES string of the molecule is CNCc1cc(Br)cnc1Oc1ccc2c(c1)CCCC2. The van der Waals surface area contributed by atoms with Crippen LogP contribution < -0.4 is 10.1 Å². The van der Waals surface area contributed by atoms with Crippen LogP contribution >= 0.6 is 15.9 Å². The molecule has 0 aliphatic heterocycles. The summed E-state index contributed by atoms with van der Waals surface area (Å²) in [4.78, 5) is 4.40. The molecular weight excluding hydrogens is 328 g/mol. The second kappa shape index (κ2) is 6.58. The maximum Gasteiger partial charge on any atom is 0.223 e. The van der Waals surface area contributed by atoms with Crippen LogP contribution in [0.5, 0.6) is 11.6 Å². The van der Waals surface area contributed by atoms with Gasteiger partial charge in [0, 0.05) is 22.8 Å². The van der Waals surface area contributed by atoms with E-state index in [0.717, 1.165) is 28.8 Å². The van der Waals surface area contributed by atoms with Crippen molar-refractivity contribution in [2.75, 3.05) is 7.05 Å². The molecule has 3 rings (SSSR count). The van der Waals surface area contributed by atoms with Crippen LogP contribution in [0.1, 0.15) is 29.5 Å². The molecule has 1 aromatic carbocycles. The maximum absolute atomic E-state index is 6.01. The average molecular weight is 347 g/mol. The first kappa shape index (κ1) is 14.5. The quantitative estimate of drug-likeness (QED) is 0.899. The number of halogens is 1. The van der Waals surface area contributed by atoms with Gasteiger partial charge in [-0.15, -0.1) is 0 Å². The first-order valence-electron chi connectivity index (χ1n) is 7.35. The van der Waals surface area contributed by atoms with Gasteiger partial charge in [0.05, 0.1) is 0 Å². The number of nitrogens with zero attached hydrogens (tertiary/aromatic N) is 1. The zero-order valence-electron chi connectivity index (χ0n) is 12.2. The molecule has 1 aliphatic rings. The van der Waals surface area contributed by atoms with Crippen molar-refractivity contribution in [3.05, 3.63) is 51.6 Å². The summed E-state index contributed by atoms with van der Waals surface area (Å²) in [6.45, 7) is 0.729. The highest BCUT2D eigenvalue weighted by Gasteiger charge is 2.12. The highest BCUT2D eigenvalue weighted by Crippen LogP contribution is 2.29. The predicted octanol–water partition coefficient (Wildman–Crippen LogP) is 4.23. The minimum atomic E-state index is 0.670. The van der Waals surface area contributed by atoms with E-state index in [4.69, 9.17) is 4.74 Å². The summed E-state index contributed by atoms with van der Waals surface area (Å²) in [5.74, 6) is 1.55. The smallest absolute Gasteiger partial charge is 0.223 e. The number of aryl methyl sites for hydroxylation is 2. The van der Waals surface area contributed by atoms with Gasteiger partial charge in [-0.25, -0.2) is 4.98 Å². The molecule has 1 aromatic heterocycles. The van der Waals surface area contributed by atoms with Crippen molar-refractivity contribution in [1.82, 2.24) is 10.3 Å². The van der Waals surface area contributed by atoms with Crippen LogP contribution in [0.4, 0.5) is 0 Å². The van der Waals surface area contributed by atoms with Gasteiger partial charge in [0.25, 0.3) is 0 Å². The number of nitrogens with one attached hydrogen (secondary N) is 1. The molecule has 110 valence electrons. The second-order valence-electron chi connectivity index (χ2n) is 5.39. The molecule has 1 heterocycles. The van der Waals surface area contributed by atoms with Crippen molar-refractivity contribution in [3.8, 4) is 11.6 Å². The fourth-order valence-corrected chi connectivity index (χ4v) is 3.14. The van der Waals surface area contributed by atoms with E-state index in [1.54, 1.807) is 6.20 Å². The number of hydrogen-bond donors (Lipinski definition) is 1. The summed E-state index contributed by atoms with van der Waals surface area (Å²) < 4.78 is 6.97. The highest BCUT2D eigenvalue weighted by molar-refractivity contribution is 9.10. The Labute approximate surface area is 133 Å². The molecule has 0 spiro atoms. The molecule has 1 aliphatic carbocycles. The first-order chi connectivity index (χ1) is 10.3. The molecule has 0 amide bonds. The lowest BCUT2D eigenvalue weighted by Crippen LogP contribution is -2.07.